The summed E-state index contributed by atoms with van der Waals surface area (Å²) in [5.74, 6) is -3.05. The number of alkyl halides is 1. The van der Waals surface area contributed by atoms with Gasteiger partial charge in [0.05, 0.1) is 6.10 Å². The SMILES string of the molecule is C[C@]12C=CC(=O)C=C1CC[C@H]1[C@@H]3C[C@@H](O)[C@](O)(C(=O)CO)[C@@]3(C)C[C@H](OP(=O)(O)O)[C@@]12F.[H-].[Na+]. The van der Waals surface area contributed by atoms with Crippen LogP contribution in [0.25, 0.3) is 0 Å². The molecule has 0 heterocycles. The molecule has 33 heavy (non-hydrogen) atoms. The van der Waals surface area contributed by atoms with E-state index in [1.54, 1.807) is 6.92 Å². The van der Waals surface area contributed by atoms with Gasteiger partial charge in [0, 0.05) is 16.7 Å². The van der Waals surface area contributed by atoms with Crippen molar-refractivity contribution in [2.75, 3.05) is 6.61 Å². The maximum absolute atomic E-state index is 17.4. The van der Waals surface area contributed by atoms with E-state index < -0.39 is 72.8 Å². The molecule has 180 valence electrons. The smallest absolute Gasteiger partial charge is 1.00 e. The monoisotopic (exact) mass is 498 g/mol. The van der Waals surface area contributed by atoms with E-state index in [9.17, 15) is 39.3 Å². The molecular formula is C21H29FNaO9P. The number of fused-ring (bicyclic) bond motifs is 5. The molecule has 0 aliphatic heterocycles. The first-order valence-corrected chi connectivity index (χ1v) is 12.1. The van der Waals surface area contributed by atoms with E-state index in [4.69, 9.17) is 4.52 Å². The molecule has 4 aliphatic rings. The van der Waals surface area contributed by atoms with Crippen molar-refractivity contribution in [2.24, 2.45) is 22.7 Å². The fraction of sp³-hybridized carbons (Fsp3) is 0.714. The number of carbonyl (C=O) groups is 2. The maximum Gasteiger partial charge on any atom is 1.00 e. The Balaban J connectivity index is 0.00000204. The standard InChI is InChI=1S/C21H28FO9P.Na.H/c1-18-6-5-12(24)7-11(18)3-4-13-14-8-15(25)21(27,16(26)10-23)19(14,2)9-17(20(13,18)22)31-32(28,29)30;;/h5-7,13-15,17,23,25,27H,3-4,8-10H2,1-2H3,(H2,28,29,30);;/q;+1;-1/t13-,14-,15+,17-,18-,19-,20-,21-;;/m0../s1. The van der Waals surface area contributed by atoms with Gasteiger partial charge in [-0.25, -0.2) is 8.96 Å². The molecule has 8 atom stereocenters. The number of carbonyl (C=O) groups excluding carboxylic acids is 2. The summed E-state index contributed by atoms with van der Waals surface area (Å²) in [5, 5.41) is 31.4. The van der Waals surface area contributed by atoms with E-state index in [1.165, 1.54) is 25.2 Å². The van der Waals surface area contributed by atoms with Crippen molar-refractivity contribution in [1.29, 1.82) is 0 Å². The summed E-state index contributed by atoms with van der Waals surface area (Å²) in [6, 6.07) is 0. The van der Waals surface area contributed by atoms with Crippen LogP contribution in [0, 0.1) is 22.7 Å². The van der Waals surface area contributed by atoms with E-state index in [0.29, 0.717) is 12.0 Å². The topological polar surface area (TPSA) is 162 Å². The van der Waals surface area contributed by atoms with E-state index in [2.05, 4.69) is 0 Å². The van der Waals surface area contributed by atoms with Crippen molar-refractivity contribution in [3.63, 3.8) is 0 Å². The average molecular weight is 498 g/mol. The summed E-state index contributed by atoms with van der Waals surface area (Å²) in [4.78, 5) is 43.6. The molecule has 0 aromatic rings. The average Bonchev–Trinajstić information content (AvgIpc) is 2.89. The van der Waals surface area contributed by atoms with Gasteiger partial charge in [0.15, 0.2) is 22.8 Å². The van der Waals surface area contributed by atoms with Crippen LogP contribution in [0.5, 0.6) is 0 Å². The van der Waals surface area contributed by atoms with Crippen LogP contribution in [0.2, 0.25) is 0 Å². The van der Waals surface area contributed by atoms with Crippen molar-refractivity contribution in [1.82, 2.24) is 0 Å². The number of phosphoric acid groups is 1. The minimum atomic E-state index is -5.21. The summed E-state index contributed by atoms with van der Waals surface area (Å²) in [7, 11) is -5.21. The molecule has 3 fully saturated rings. The van der Waals surface area contributed by atoms with Crippen LogP contribution in [0.15, 0.2) is 23.8 Å². The van der Waals surface area contributed by atoms with Crippen molar-refractivity contribution in [2.45, 2.75) is 63.0 Å². The van der Waals surface area contributed by atoms with Crippen LogP contribution in [0.3, 0.4) is 0 Å². The van der Waals surface area contributed by atoms with Crippen LogP contribution in [-0.2, 0) is 18.7 Å². The molecule has 0 spiro atoms. The number of halogens is 1. The van der Waals surface area contributed by atoms with Crippen molar-refractivity contribution >= 4 is 19.4 Å². The molecule has 4 aliphatic carbocycles. The number of rotatable bonds is 4. The van der Waals surface area contributed by atoms with Crippen LogP contribution >= 0.6 is 7.82 Å². The van der Waals surface area contributed by atoms with Gasteiger partial charge in [0.1, 0.15) is 12.7 Å². The van der Waals surface area contributed by atoms with E-state index in [0.717, 1.165) is 0 Å². The summed E-state index contributed by atoms with van der Waals surface area (Å²) in [5.41, 5.74) is -7.28. The number of hydrogen-bond donors (Lipinski definition) is 5. The molecular weight excluding hydrogens is 469 g/mol. The second-order valence-electron chi connectivity index (χ2n) is 9.93. The first-order chi connectivity index (χ1) is 14.6. The van der Waals surface area contributed by atoms with E-state index in [-0.39, 0.29) is 49.6 Å². The van der Waals surface area contributed by atoms with Gasteiger partial charge in [0.25, 0.3) is 0 Å². The third-order valence-electron chi connectivity index (χ3n) is 8.67. The Morgan fingerprint density at radius 3 is 2.55 bits per heavy atom. The van der Waals surface area contributed by atoms with Gasteiger partial charge >= 0.3 is 37.4 Å². The Labute approximate surface area is 214 Å². The van der Waals surface area contributed by atoms with Crippen molar-refractivity contribution in [3.8, 4) is 0 Å². The van der Waals surface area contributed by atoms with Crippen LogP contribution in [0.4, 0.5) is 4.39 Å². The quantitative estimate of drug-likeness (QED) is 0.215. The molecule has 5 N–H and O–H groups in total. The number of aliphatic hydroxyl groups is 3. The van der Waals surface area contributed by atoms with Crippen LogP contribution < -0.4 is 29.6 Å². The molecule has 0 radical (unpaired) electrons. The first kappa shape index (κ1) is 27.3. The molecule has 0 bridgehead atoms. The van der Waals surface area contributed by atoms with Crippen molar-refractivity contribution < 1.29 is 79.2 Å². The molecule has 12 heteroatoms. The third kappa shape index (κ3) is 3.56. The van der Waals surface area contributed by atoms with Gasteiger partial charge in [-0.2, -0.15) is 0 Å². The molecule has 0 aromatic heterocycles. The molecule has 0 aromatic carbocycles. The fourth-order valence-electron chi connectivity index (χ4n) is 7.09. The van der Waals surface area contributed by atoms with E-state index >= 15 is 4.39 Å². The number of aliphatic hydroxyl groups excluding tert-OH is 2. The number of hydrogen-bond acceptors (Lipinski definition) is 7. The Morgan fingerprint density at radius 1 is 1.33 bits per heavy atom. The number of phosphoric ester groups is 1. The van der Waals surface area contributed by atoms with Crippen LogP contribution in [-0.4, -0.2) is 66.8 Å². The Kier molecular flexibility index (Phi) is 6.96. The summed E-state index contributed by atoms with van der Waals surface area (Å²) in [6.07, 6.45) is 0.450. The number of Topliss-reactive ketones (excluding diaryl/α,β-unsaturated/α-hetero) is 1. The summed E-state index contributed by atoms with van der Waals surface area (Å²) >= 11 is 0. The second-order valence-corrected chi connectivity index (χ2v) is 11.1. The third-order valence-corrected chi connectivity index (χ3v) is 9.20. The first-order valence-electron chi connectivity index (χ1n) is 10.6. The molecule has 0 amide bonds. The number of allylic oxidation sites excluding steroid dienone is 4. The number of ketones is 2. The van der Waals surface area contributed by atoms with Gasteiger partial charge < -0.3 is 26.5 Å². The van der Waals surface area contributed by atoms with Crippen LogP contribution in [0.1, 0.15) is 41.0 Å². The summed E-state index contributed by atoms with van der Waals surface area (Å²) < 4.78 is 34.2. The Bertz CT molecular complexity index is 987. The molecule has 4 rings (SSSR count). The minimum absolute atomic E-state index is 0. The van der Waals surface area contributed by atoms with Gasteiger partial charge in [-0.1, -0.05) is 18.6 Å². The Hall–Kier alpha value is -0.260. The minimum Gasteiger partial charge on any atom is -1.00 e. The molecule has 9 nitrogen and oxygen atoms in total. The van der Waals surface area contributed by atoms with Gasteiger partial charge in [0.2, 0.25) is 0 Å². The molecule has 3 saturated carbocycles. The predicted molar refractivity (Wildman–Crippen MR) is 109 cm³/mol. The predicted octanol–water partition coefficient (Wildman–Crippen LogP) is -2.15. The zero-order chi connectivity index (χ0) is 23.9. The fourth-order valence-corrected chi connectivity index (χ4v) is 7.65. The zero-order valence-electron chi connectivity index (χ0n) is 19.8. The van der Waals surface area contributed by atoms with Gasteiger partial charge in [-0.15, -0.1) is 0 Å². The largest absolute Gasteiger partial charge is 1.00 e. The normalized spacial score (nSPS) is 46.5. The molecule has 0 unspecified atom stereocenters. The van der Waals surface area contributed by atoms with Gasteiger partial charge in [-0.3, -0.25) is 14.1 Å². The molecule has 0 saturated heterocycles. The second kappa shape index (κ2) is 8.40. The van der Waals surface area contributed by atoms with Gasteiger partial charge in [-0.05, 0) is 50.7 Å². The summed E-state index contributed by atoms with van der Waals surface area (Å²) in [6.45, 7) is 1.95. The Morgan fingerprint density at radius 2 is 1.97 bits per heavy atom. The zero-order valence-corrected chi connectivity index (χ0v) is 21.7. The maximum atomic E-state index is 17.4. The van der Waals surface area contributed by atoms with E-state index in [1.807, 2.05) is 0 Å². The van der Waals surface area contributed by atoms with Crippen molar-refractivity contribution in [3.05, 3.63) is 23.8 Å².